The lowest BCUT2D eigenvalue weighted by atomic mass is 10.1. The Kier molecular flexibility index (Phi) is 5.96. The van der Waals surface area contributed by atoms with E-state index in [0.717, 1.165) is 19.0 Å². The molecule has 88 valence electrons. The first-order valence-corrected chi connectivity index (χ1v) is 6.31. The molecule has 0 saturated carbocycles. The average Bonchev–Trinajstić information content (AvgIpc) is 2.66. The van der Waals surface area contributed by atoms with Crippen LogP contribution < -0.4 is 5.32 Å². The summed E-state index contributed by atoms with van der Waals surface area (Å²) in [5, 5.41) is 3.16. The molecule has 1 aliphatic rings. The molecular formula is C13H26N2. The zero-order chi connectivity index (χ0) is 11.1. The summed E-state index contributed by atoms with van der Waals surface area (Å²) in [5.74, 6) is 0. The number of rotatable bonds is 6. The highest BCUT2D eigenvalue weighted by Gasteiger charge is 2.24. The van der Waals surface area contributed by atoms with E-state index in [4.69, 9.17) is 0 Å². The van der Waals surface area contributed by atoms with Crippen LogP contribution in [0.1, 0.15) is 39.5 Å². The monoisotopic (exact) mass is 210 g/mol. The maximum atomic E-state index is 3.16. The highest BCUT2D eigenvalue weighted by Crippen LogP contribution is 2.22. The largest absolute Gasteiger partial charge is 0.319 e. The van der Waals surface area contributed by atoms with Crippen LogP contribution in [0.5, 0.6) is 0 Å². The van der Waals surface area contributed by atoms with Crippen LogP contribution in [0, 0.1) is 0 Å². The van der Waals surface area contributed by atoms with Gasteiger partial charge >= 0.3 is 0 Å². The fourth-order valence-corrected chi connectivity index (χ4v) is 2.39. The molecule has 0 aromatic carbocycles. The first-order chi connectivity index (χ1) is 7.25. The lowest BCUT2D eigenvalue weighted by Gasteiger charge is -2.27. The molecule has 1 fully saturated rings. The van der Waals surface area contributed by atoms with Gasteiger partial charge in [-0.3, -0.25) is 4.90 Å². The van der Waals surface area contributed by atoms with Crippen LogP contribution in [0.15, 0.2) is 12.2 Å². The van der Waals surface area contributed by atoms with E-state index in [1.807, 2.05) is 7.05 Å². The number of nitrogens with one attached hydrogen (secondary N) is 1. The van der Waals surface area contributed by atoms with Crippen molar-refractivity contribution < 1.29 is 0 Å². The summed E-state index contributed by atoms with van der Waals surface area (Å²) in [4.78, 5) is 2.64. The molecule has 0 aromatic rings. The van der Waals surface area contributed by atoms with Gasteiger partial charge in [0.2, 0.25) is 0 Å². The van der Waals surface area contributed by atoms with E-state index in [0.29, 0.717) is 6.04 Å². The van der Waals surface area contributed by atoms with E-state index in [2.05, 4.69) is 36.2 Å². The van der Waals surface area contributed by atoms with Gasteiger partial charge in [0.25, 0.3) is 0 Å². The second kappa shape index (κ2) is 7.02. The molecule has 1 aliphatic heterocycles. The van der Waals surface area contributed by atoms with Gasteiger partial charge in [0.1, 0.15) is 0 Å². The van der Waals surface area contributed by atoms with Crippen molar-refractivity contribution in [2.24, 2.45) is 0 Å². The Hall–Kier alpha value is -0.340. The van der Waals surface area contributed by atoms with Gasteiger partial charge < -0.3 is 5.32 Å². The quantitative estimate of drug-likeness (QED) is 0.535. The predicted molar refractivity (Wildman–Crippen MR) is 67.2 cm³/mol. The van der Waals surface area contributed by atoms with Crippen LogP contribution in [-0.4, -0.2) is 37.1 Å². The van der Waals surface area contributed by atoms with Crippen molar-refractivity contribution in [3.63, 3.8) is 0 Å². The summed E-state index contributed by atoms with van der Waals surface area (Å²) in [6.07, 6.45) is 9.84. The molecule has 1 saturated heterocycles. The Balaban J connectivity index is 2.22. The number of hydrogen-bond acceptors (Lipinski definition) is 2. The van der Waals surface area contributed by atoms with Crippen LogP contribution in [0.3, 0.4) is 0 Å². The summed E-state index contributed by atoms with van der Waals surface area (Å²) in [6, 6.07) is 1.51. The van der Waals surface area contributed by atoms with Crippen LogP contribution in [0.4, 0.5) is 0 Å². The molecule has 1 N–H and O–H groups in total. The first kappa shape index (κ1) is 12.7. The predicted octanol–water partition coefficient (Wildman–Crippen LogP) is 2.42. The van der Waals surface area contributed by atoms with E-state index >= 15 is 0 Å². The SMILES string of the molecule is CNCC/C=C\CC1CCCN1C(C)C. The summed E-state index contributed by atoms with van der Waals surface area (Å²) >= 11 is 0. The van der Waals surface area contributed by atoms with Crippen molar-refractivity contribution in [1.82, 2.24) is 10.2 Å². The third-order valence-electron chi connectivity index (χ3n) is 3.22. The summed E-state index contributed by atoms with van der Waals surface area (Å²) < 4.78 is 0. The third-order valence-corrected chi connectivity index (χ3v) is 3.22. The standard InChI is InChI=1S/C13H26N2/c1-12(2)15-11-7-9-13(15)8-5-4-6-10-14-3/h4-5,12-14H,6-11H2,1-3H3/b5-4-. The normalized spacial score (nSPS) is 23.3. The molecule has 0 amide bonds. The Morgan fingerprint density at radius 1 is 1.40 bits per heavy atom. The summed E-state index contributed by atoms with van der Waals surface area (Å²) in [7, 11) is 2.01. The number of hydrogen-bond donors (Lipinski definition) is 1. The second-order valence-electron chi connectivity index (χ2n) is 4.73. The summed E-state index contributed by atoms with van der Waals surface area (Å²) in [5.41, 5.74) is 0. The highest BCUT2D eigenvalue weighted by molar-refractivity contribution is 4.91. The lowest BCUT2D eigenvalue weighted by Crippen LogP contribution is -2.35. The third kappa shape index (κ3) is 4.35. The van der Waals surface area contributed by atoms with Gasteiger partial charge in [0.15, 0.2) is 0 Å². The van der Waals surface area contributed by atoms with Crippen LogP contribution in [0.25, 0.3) is 0 Å². The van der Waals surface area contributed by atoms with E-state index in [1.165, 1.54) is 25.8 Å². The average molecular weight is 210 g/mol. The number of likely N-dealkylation sites (tertiary alicyclic amines) is 1. The fraction of sp³-hybridized carbons (Fsp3) is 0.846. The molecule has 0 spiro atoms. The van der Waals surface area contributed by atoms with Gasteiger partial charge in [0.05, 0.1) is 0 Å². The maximum Gasteiger partial charge on any atom is 0.0133 e. The van der Waals surface area contributed by atoms with E-state index in [1.54, 1.807) is 0 Å². The Labute approximate surface area is 94.7 Å². The van der Waals surface area contributed by atoms with E-state index < -0.39 is 0 Å². The molecule has 2 nitrogen and oxygen atoms in total. The molecular weight excluding hydrogens is 184 g/mol. The molecule has 1 atom stereocenters. The van der Waals surface area contributed by atoms with Crippen molar-refractivity contribution in [2.45, 2.75) is 51.6 Å². The molecule has 0 aromatic heterocycles. The Morgan fingerprint density at radius 3 is 2.87 bits per heavy atom. The molecule has 1 unspecified atom stereocenters. The van der Waals surface area contributed by atoms with Crippen molar-refractivity contribution in [2.75, 3.05) is 20.1 Å². The number of nitrogens with zero attached hydrogens (tertiary/aromatic N) is 1. The molecule has 0 aliphatic carbocycles. The minimum absolute atomic E-state index is 0.711. The lowest BCUT2D eigenvalue weighted by molar-refractivity contribution is 0.205. The van der Waals surface area contributed by atoms with E-state index in [9.17, 15) is 0 Å². The van der Waals surface area contributed by atoms with Crippen LogP contribution >= 0.6 is 0 Å². The van der Waals surface area contributed by atoms with Crippen LogP contribution in [-0.2, 0) is 0 Å². The van der Waals surface area contributed by atoms with Crippen molar-refractivity contribution in [3.05, 3.63) is 12.2 Å². The fourth-order valence-electron chi connectivity index (χ4n) is 2.39. The zero-order valence-corrected chi connectivity index (χ0v) is 10.5. The minimum atomic E-state index is 0.711. The van der Waals surface area contributed by atoms with Crippen molar-refractivity contribution in [1.29, 1.82) is 0 Å². The second-order valence-corrected chi connectivity index (χ2v) is 4.73. The van der Waals surface area contributed by atoms with Crippen molar-refractivity contribution in [3.8, 4) is 0 Å². The molecule has 0 radical (unpaired) electrons. The van der Waals surface area contributed by atoms with Gasteiger partial charge in [-0.2, -0.15) is 0 Å². The first-order valence-electron chi connectivity index (χ1n) is 6.31. The van der Waals surface area contributed by atoms with Crippen LogP contribution in [0.2, 0.25) is 0 Å². The minimum Gasteiger partial charge on any atom is -0.319 e. The van der Waals surface area contributed by atoms with Crippen molar-refractivity contribution >= 4 is 0 Å². The van der Waals surface area contributed by atoms with Gasteiger partial charge in [0, 0.05) is 12.1 Å². The van der Waals surface area contributed by atoms with Gasteiger partial charge in [-0.25, -0.2) is 0 Å². The van der Waals surface area contributed by atoms with Gasteiger partial charge in [-0.15, -0.1) is 0 Å². The summed E-state index contributed by atoms with van der Waals surface area (Å²) in [6.45, 7) is 7.01. The molecule has 15 heavy (non-hydrogen) atoms. The highest BCUT2D eigenvalue weighted by atomic mass is 15.2. The molecule has 2 heteroatoms. The topological polar surface area (TPSA) is 15.3 Å². The molecule has 1 heterocycles. The van der Waals surface area contributed by atoms with E-state index in [-0.39, 0.29) is 0 Å². The van der Waals surface area contributed by atoms with Gasteiger partial charge in [-0.05, 0) is 59.7 Å². The zero-order valence-electron chi connectivity index (χ0n) is 10.5. The molecule has 0 bridgehead atoms. The molecule has 1 rings (SSSR count). The Morgan fingerprint density at radius 2 is 2.20 bits per heavy atom. The Bertz CT molecular complexity index is 187. The smallest absolute Gasteiger partial charge is 0.0133 e. The van der Waals surface area contributed by atoms with Gasteiger partial charge in [-0.1, -0.05) is 12.2 Å². The maximum absolute atomic E-state index is 3.16.